The molecule has 0 saturated carbocycles. The summed E-state index contributed by atoms with van der Waals surface area (Å²) in [5.74, 6) is -0.753. The molecule has 2 atom stereocenters. The molecule has 0 fully saturated rings. The molecule has 44 heavy (non-hydrogen) atoms. The molecule has 0 spiro atoms. The third kappa shape index (κ3) is 9.25. The SMILES string of the molecule is [B]c1cc(CNC[C@@H](O)[C@H](Cc2ccccc2)NC(=O)c2cccc(C(=O)N(C)Cc3nc(C)cs3)c2)cc(C(F)(F)F)c1. The summed E-state index contributed by atoms with van der Waals surface area (Å²) in [4.78, 5) is 32.4. The number of aliphatic hydroxyl groups excluding tert-OH is 1. The van der Waals surface area contributed by atoms with Gasteiger partial charge in [-0.05, 0) is 48.7 Å². The topological polar surface area (TPSA) is 94.6 Å². The zero-order chi connectivity index (χ0) is 31.9. The van der Waals surface area contributed by atoms with E-state index in [0.717, 1.165) is 28.4 Å². The lowest BCUT2D eigenvalue weighted by Crippen LogP contribution is -2.48. The predicted octanol–water partition coefficient (Wildman–Crippen LogP) is 4.03. The molecule has 7 nitrogen and oxygen atoms in total. The van der Waals surface area contributed by atoms with Crippen molar-refractivity contribution >= 4 is 36.5 Å². The van der Waals surface area contributed by atoms with Crippen LogP contribution < -0.4 is 16.1 Å². The van der Waals surface area contributed by atoms with E-state index in [-0.39, 0.29) is 30.0 Å². The summed E-state index contributed by atoms with van der Waals surface area (Å²) in [5.41, 5.74) is 1.76. The highest BCUT2D eigenvalue weighted by Gasteiger charge is 2.31. The molecule has 12 heteroatoms. The Labute approximate surface area is 259 Å². The number of rotatable bonds is 12. The smallest absolute Gasteiger partial charge is 0.390 e. The molecule has 2 radical (unpaired) electrons. The molecule has 3 aromatic carbocycles. The highest BCUT2D eigenvalue weighted by molar-refractivity contribution is 7.09. The molecule has 0 bridgehead atoms. The number of hydrogen-bond acceptors (Lipinski definition) is 6. The Morgan fingerprint density at radius 2 is 1.75 bits per heavy atom. The van der Waals surface area contributed by atoms with Gasteiger partial charge in [0, 0.05) is 42.3 Å². The van der Waals surface area contributed by atoms with Crippen LogP contribution in [0.2, 0.25) is 0 Å². The number of nitrogens with zero attached hydrogens (tertiary/aromatic N) is 2. The maximum absolute atomic E-state index is 13.4. The number of amides is 2. The molecule has 3 N–H and O–H groups in total. The molecule has 0 aliphatic heterocycles. The minimum absolute atomic E-state index is 0.0171. The summed E-state index contributed by atoms with van der Waals surface area (Å²) < 4.78 is 39.6. The van der Waals surface area contributed by atoms with E-state index >= 15 is 0 Å². The van der Waals surface area contributed by atoms with Crippen LogP contribution in [0.1, 0.15) is 48.1 Å². The van der Waals surface area contributed by atoms with Gasteiger partial charge >= 0.3 is 6.18 Å². The molecule has 1 heterocycles. The van der Waals surface area contributed by atoms with Gasteiger partial charge in [0.25, 0.3) is 11.8 Å². The maximum atomic E-state index is 13.4. The van der Waals surface area contributed by atoms with E-state index in [1.54, 1.807) is 25.2 Å². The first kappa shape index (κ1) is 32.9. The number of carbonyl (C=O) groups excluding carboxylic acids is 2. The number of aryl methyl sites for hydroxylation is 1. The van der Waals surface area contributed by atoms with Crippen LogP contribution in [-0.2, 0) is 25.7 Å². The number of thiazole rings is 1. The van der Waals surface area contributed by atoms with Crippen LogP contribution in [0.3, 0.4) is 0 Å². The Bertz CT molecular complexity index is 1580. The second kappa shape index (κ2) is 14.7. The van der Waals surface area contributed by atoms with Crippen molar-refractivity contribution in [2.45, 2.75) is 44.8 Å². The Balaban J connectivity index is 1.44. The van der Waals surface area contributed by atoms with Gasteiger partial charge in [0.05, 0.1) is 24.3 Å². The molecule has 4 aromatic rings. The molecule has 0 aliphatic rings. The lowest BCUT2D eigenvalue weighted by atomic mass is 9.91. The normalized spacial score (nSPS) is 12.9. The molecular formula is C32H32BF3N4O3S. The monoisotopic (exact) mass is 620 g/mol. The number of benzene rings is 3. The van der Waals surface area contributed by atoms with Gasteiger partial charge in [-0.3, -0.25) is 9.59 Å². The second-order valence-electron chi connectivity index (χ2n) is 10.6. The first-order valence-corrected chi connectivity index (χ1v) is 14.7. The Morgan fingerprint density at radius 3 is 2.43 bits per heavy atom. The van der Waals surface area contributed by atoms with Crippen LogP contribution in [0.15, 0.2) is 78.2 Å². The third-order valence-corrected chi connectivity index (χ3v) is 7.81. The van der Waals surface area contributed by atoms with Gasteiger partial charge in [0.15, 0.2) is 0 Å². The van der Waals surface area contributed by atoms with Gasteiger partial charge in [-0.2, -0.15) is 13.2 Å². The predicted molar refractivity (Wildman–Crippen MR) is 165 cm³/mol. The van der Waals surface area contributed by atoms with Crippen LogP contribution in [-0.4, -0.2) is 60.4 Å². The van der Waals surface area contributed by atoms with E-state index in [1.807, 2.05) is 42.6 Å². The minimum atomic E-state index is -4.54. The molecule has 228 valence electrons. The zero-order valence-corrected chi connectivity index (χ0v) is 25.1. The fraction of sp³-hybridized carbons (Fsp3) is 0.281. The van der Waals surface area contributed by atoms with Crippen molar-refractivity contribution in [3.8, 4) is 0 Å². The van der Waals surface area contributed by atoms with Gasteiger partial charge < -0.3 is 20.6 Å². The van der Waals surface area contributed by atoms with Crippen molar-refractivity contribution in [2.24, 2.45) is 0 Å². The Morgan fingerprint density at radius 1 is 1.02 bits per heavy atom. The molecule has 0 saturated heterocycles. The lowest BCUT2D eigenvalue weighted by Gasteiger charge is -2.25. The first-order valence-electron chi connectivity index (χ1n) is 13.9. The fourth-order valence-electron chi connectivity index (χ4n) is 4.66. The zero-order valence-electron chi connectivity index (χ0n) is 24.3. The van der Waals surface area contributed by atoms with E-state index in [2.05, 4.69) is 15.6 Å². The Kier molecular flexibility index (Phi) is 11.0. The number of aromatic nitrogens is 1. The number of nitrogens with one attached hydrogen (secondary N) is 2. The summed E-state index contributed by atoms with van der Waals surface area (Å²) in [7, 11) is 7.33. The van der Waals surface area contributed by atoms with Gasteiger partial charge in [-0.1, -0.05) is 54.0 Å². The van der Waals surface area contributed by atoms with E-state index in [4.69, 9.17) is 7.85 Å². The molecule has 1 aromatic heterocycles. The number of halogens is 3. The lowest BCUT2D eigenvalue weighted by molar-refractivity contribution is -0.137. The van der Waals surface area contributed by atoms with E-state index in [1.165, 1.54) is 28.4 Å². The number of aliphatic hydroxyl groups is 1. The van der Waals surface area contributed by atoms with Crippen molar-refractivity contribution in [2.75, 3.05) is 13.6 Å². The van der Waals surface area contributed by atoms with Gasteiger partial charge in [0.1, 0.15) is 12.9 Å². The minimum Gasteiger partial charge on any atom is -0.390 e. The number of alkyl halides is 3. The summed E-state index contributed by atoms with van der Waals surface area (Å²) in [6.45, 7) is 2.22. The van der Waals surface area contributed by atoms with Crippen molar-refractivity contribution in [3.05, 3.63) is 117 Å². The third-order valence-electron chi connectivity index (χ3n) is 6.86. The summed E-state index contributed by atoms with van der Waals surface area (Å²) in [6, 6.07) is 18.2. The first-order chi connectivity index (χ1) is 20.9. The van der Waals surface area contributed by atoms with E-state index in [9.17, 15) is 27.9 Å². The van der Waals surface area contributed by atoms with E-state index < -0.39 is 29.8 Å². The van der Waals surface area contributed by atoms with Crippen molar-refractivity contribution < 1.29 is 27.9 Å². The molecule has 4 rings (SSSR count). The standard InChI is InChI=1S/C32H32BF3N4O3S/c1-20-19-44-29(38-20)18-40(2)31(43)24-10-6-9-23(14-24)30(42)39-27(13-21-7-4-3-5-8-21)28(41)17-37-16-22-11-25(32(34,35)36)15-26(33)12-22/h3-12,14-15,19,27-28,37,41H,13,16-18H2,1-2H3,(H,39,42)/t27-,28+/m0/s1. The van der Waals surface area contributed by atoms with E-state index in [0.29, 0.717) is 24.1 Å². The van der Waals surface area contributed by atoms with Gasteiger partial charge in [-0.15, -0.1) is 11.3 Å². The van der Waals surface area contributed by atoms with Crippen molar-refractivity contribution in [1.29, 1.82) is 0 Å². The number of carbonyl (C=O) groups is 2. The molecule has 0 aliphatic carbocycles. The van der Waals surface area contributed by atoms with Crippen LogP contribution >= 0.6 is 11.3 Å². The van der Waals surface area contributed by atoms with Crippen LogP contribution in [0, 0.1) is 6.92 Å². The van der Waals surface area contributed by atoms with Gasteiger partial charge in [-0.25, -0.2) is 4.98 Å². The highest BCUT2D eigenvalue weighted by atomic mass is 32.1. The highest BCUT2D eigenvalue weighted by Crippen LogP contribution is 2.29. The summed E-state index contributed by atoms with van der Waals surface area (Å²) >= 11 is 1.47. The number of hydrogen-bond donors (Lipinski definition) is 3. The van der Waals surface area contributed by atoms with Crippen LogP contribution in [0.4, 0.5) is 13.2 Å². The average molecular weight is 621 g/mol. The summed E-state index contributed by atoms with van der Waals surface area (Å²) in [6.07, 6.45) is -5.34. The molecular weight excluding hydrogens is 588 g/mol. The van der Waals surface area contributed by atoms with Crippen molar-refractivity contribution in [1.82, 2.24) is 20.5 Å². The van der Waals surface area contributed by atoms with Crippen LogP contribution in [0.5, 0.6) is 0 Å². The van der Waals surface area contributed by atoms with Gasteiger partial charge in [0.2, 0.25) is 0 Å². The largest absolute Gasteiger partial charge is 0.416 e. The molecule has 0 unspecified atom stereocenters. The average Bonchev–Trinajstić information content (AvgIpc) is 3.40. The summed E-state index contributed by atoms with van der Waals surface area (Å²) in [5, 5.41) is 19.6. The molecule has 2 amide bonds. The van der Waals surface area contributed by atoms with Crippen molar-refractivity contribution in [3.63, 3.8) is 0 Å². The van der Waals surface area contributed by atoms with Crippen LogP contribution in [0.25, 0.3) is 0 Å². The second-order valence-corrected chi connectivity index (χ2v) is 11.5. The quantitative estimate of drug-likeness (QED) is 0.208. The Hall–Kier alpha value is -4.00. The maximum Gasteiger partial charge on any atom is 0.416 e. The fourth-order valence-corrected chi connectivity index (χ4v) is 5.48.